The van der Waals surface area contributed by atoms with Crippen LogP contribution in [-0.4, -0.2) is 56.3 Å². The van der Waals surface area contributed by atoms with Gasteiger partial charge in [-0.15, -0.1) is 0 Å². The molecule has 1 fully saturated rings. The van der Waals surface area contributed by atoms with Gasteiger partial charge < -0.3 is 9.64 Å². The second kappa shape index (κ2) is 10.1. The van der Waals surface area contributed by atoms with Gasteiger partial charge >= 0.3 is 0 Å². The van der Waals surface area contributed by atoms with E-state index in [2.05, 4.69) is 0 Å². The molecular weight excluding hydrogens is 438 g/mol. The van der Waals surface area contributed by atoms with Crippen LogP contribution in [0.1, 0.15) is 24.0 Å². The van der Waals surface area contributed by atoms with Crippen LogP contribution < -0.4 is 4.74 Å². The average Bonchev–Trinajstić information content (AvgIpc) is 2.78. The predicted octanol–water partition coefficient (Wildman–Crippen LogP) is 3.21. The van der Waals surface area contributed by atoms with Crippen LogP contribution in [0.2, 0.25) is 5.02 Å². The molecule has 0 aliphatic carbocycles. The standard InChI is InChI=1S/C22H24ClN3O4S/c1-17-15-19(23)6-9-21(17)30-14-2-3-22(27)25-10-12-26(13-11-25)31(28,29)20-7-4-18(16-24)5-8-20/h4-9,15H,2-3,10-14H2,1H3. The van der Waals surface area contributed by atoms with Crippen molar-refractivity contribution in [2.24, 2.45) is 0 Å². The number of hydrogen-bond acceptors (Lipinski definition) is 5. The first kappa shape index (κ1) is 23.1. The van der Waals surface area contributed by atoms with Crippen molar-refractivity contribution in [3.63, 3.8) is 0 Å². The third kappa shape index (κ3) is 5.76. The summed E-state index contributed by atoms with van der Waals surface area (Å²) in [6.07, 6.45) is 0.916. The van der Waals surface area contributed by atoms with Crippen molar-refractivity contribution in [1.82, 2.24) is 9.21 Å². The van der Waals surface area contributed by atoms with Crippen LogP contribution in [0, 0.1) is 18.3 Å². The molecule has 164 valence electrons. The number of carbonyl (C=O) groups excluding carboxylic acids is 1. The summed E-state index contributed by atoms with van der Waals surface area (Å²) >= 11 is 5.93. The number of hydrogen-bond donors (Lipinski definition) is 0. The normalized spacial score (nSPS) is 14.8. The van der Waals surface area contributed by atoms with Crippen LogP contribution in [-0.2, 0) is 14.8 Å². The summed E-state index contributed by atoms with van der Waals surface area (Å²) in [4.78, 5) is 14.3. The zero-order chi connectivity index (χ0) is 22.4. The van der Waals surface area contributed by atoms with Crippen molar-refractivity contribution in [1.29, 1.82) is 5.26 Å². The first-order chi connectivity index (χ1) is 14.8. The summed E-state index contributed by atoms with van der Waals surface area (Å²) in [6, 6.07) is 13.2. The van der Waals surface area contributed by atoms with Crippen LogP contribution in [0.5, 0.6) is 5.75 Å². The topological polar surface area (TPSA) is 90.7 Å². The zero-order valence-electron chi connectivity index (χ0n) is 17.3. The van der Waals surface area contributed by atoms with Gasteiger partial charge in [-0.3, -0.25) is 4.79 Å². The molecule has 0 spiro atoms. The Kier molecular flexibility index (Phi) is 7.55. The Hall–Kier alpha value is -2.60. The van der Waals surface area contributed by atoms with Crippen LogP contribution in [0.15, 0.2) is 47.4 Å². The Morgan fingerprint density at radius 1 is 1.13 bits per heavy atom. The van der Waals surface area contributed by atoms with Gasteiger partial charge in [-0.05, 0) is 61.4 Å². The number of nitriles is 1. The minimum absolute atomic E-state index is 0.00755. The number of ether oxygens (including phenoxy) is 1. The molecule has 7 nitrogen and oxygen atoms in total. The van der Waals surface area contributed by atoms with Crippen molar-refractivity contribution in [2.45, 2.75) is 24.7 Å². The molecule has 0 unspecified atom stereocenters. The summed E-state index contributed by atoms with van der Waals surface area (Å²) < 4.78 is 32.6. The molecule has 2 aromatic carbocycles. The largest absolute Gasteiger partial charge is 0.493 e. The van der Waals surface area contributed by atoms with Gasteiger partial charge in [0.2, 0.25) is 15.9 Å². The lowest BCUT2D eigenvalue weighted by Crippen LogP contribution is -2.50. The van der Waals surface area contributed by atoms with Crippen molar-refractivity contribution < 1.29 is 17.9 Å². The first-order valence-electron chi connectivity index (χ1n) is 9.98. The van der Waals surface area contributed by atoms with Crippen LogP contribution in [0.3, 0.4) is 0 Å². The molecule has 31 heavy (non-hydrogen) atoms. The summed E-state index contributed by atoms with van der Waals surface area (Å²) in [5.41, 5.74) is 1.35. The highest BCUT2D eigenvalue weighted by Gasteiger charge is 2.29. The number of rotatable bonds is 7. The molecule has 2 aromatic rings. The number of sulfonamides is 1. The van der Waals surface area contributed by atoms with Gasteiger partial charge in [0.15, 0.2) is 0 Å². The number of halogens is 1. The summed E-state index contributed by atoms with van der Waals surface area (Å²) in [5, 5.41) is 9.51. The van der Waals surface area contributed by atoms with Gasteiger partial charge in [0, 0.05) is 37.6 Å². The summed E-state index contributed by atoms with van der Waals surface area (Å²) in [6.45, 7) is 3.53. The lowest BCUT2D eigenvalue weighted by atomic mass is 10.2. The van der Waals surface area contributed by atoms with Crippen LogP contribution in [0.4, 0.5) is 0 Å². The molecule has 9 heteroatoms. The lowest BCUT2D eigenvalue weighted by molar-refractivity contribution is -0.132. The van der Waals surface area contributed by atoms with Gasteiger partial charge in [-0.1, -0.05) is 11.6 Å². The summed E-state index contributed by atoms with van der Waals surface area (Å²) in [7, 11) is -3.64. The number of aryl methyl sites for hydroxylation is 1. The van der Waals surface area contributed by atoms with Gasteiger partial charge in [0.05, 0.1) is 23.1 Å². The molecule has 0 bridgehead atoms. The van der Waals surface area contributed by atoms with E-state index < -0.39 is 10.0 Å². The van der Waals surface area contributed by atoms with Gasteiger partial charge in [-0.2, -0.15) is 9.57 Å². The van der Waals surface area contributed by atoms with Crippen molar-refractivity contribution >= 4 is 27.5 Å². The molecular formula is C22H24ClN3O4S. The maximum Gasteiger partial charge on any atom is 0.243 e. The summed E-state index contributed by atoms with van der Waals surface area (Å²) in [5.74, 6) is 0.741. The Bertz CT molecular complexity index is 1070. The molecule has 1 saturated heterocycles. The molecule has 1 aliphatic rings. The maximum atomic E-state index is 12.8. The van der Waals surface area contributed by atoms with E-state index in [9.17, 15) is 13.2 Å². The molecule has 0 aromatic heterocycles. The number of benzene rings is 2. The van der Waals surface area contributed by atoms with E-state index in [1.165, 1.54) is 28.6 Å². The Morgan fingerprint density at radius 2 is 1.81 bits per heavy atom. The fourth-order valence-electron chi connectivity index (χ4n) is 3.37. The van der Waals surface area contributed by atoms with E-state index >= 15 is 0 Å². The van der Waals surface area contributed by atoms with E-state index in [1.54, 1.807) is 11.0 Å². The fraction of sp³-hybridized carbons (Fsp3) is 0.364. The number of nitrogens with zero attached hydrogens (tertiary/aromatic N) is 3. The minimum Gasteiger partial charge on any atom is -0.493 e. The van der Waals surface area contributed by atoms with Crippen molar-refractivity contribution in [3.05, 3.63) is 58.6 Å². The van der Waals surface area contributed by atoms with Crippen molar-refractivity contribution in [3.8, 4) is 11.8 Å². The molecule has 0 atom stereocenters. The fourth-order valence-corrected chi connectivity index (χ4v) is 5.02. The third-order valence-electron chi connectivity index (χ3n) is 5.14. The first-order valence-corrected chi connectivity index (χ1v) is 11.8. The minimum atomic E-state index is -3.64. The van der Waals surface area contributed by atoms with E-state index in [4.69, 9.17) is 21.6 Å². The highest BCUT2D eigenvalue weighted by Crippen LogP contribution is 2.22. The average molecular weight is 462 g/mol. The van der Waals surface area contributed by atoms with Gasteiger partial charge in [0.25, 0.3) is 0 Å². The Balaban J connectivity index is 1.45. The monoisotopic (exact) mass is 461 g/mol. The van der Waals surface area contributed by atoms with E-state index in [0.717, 1.165) is 11.3 Å². The van der Waals surface area contributed by atoms with Gasteiger partial charge in [0.1, 0.15) is 5.75 Å². The number of amides is 1. The molecule has 3 rings (SSSR count). The smallest absolute Gasteiger partial charge is 0.243 e. The van der Waals surface area contributed by atoms with E-state index in [-0.39, 0.29) is 23.9 Å². The Labute approximate surface area is 187 Å². The maximum absolute atomic E-state index is 12.8. The second-order valence-corrected chi connectivity index (χ2v) is 9.66. The predicted molar refractivity (Wildman–Crippen MR) is 117 cm³/mol. The van der Waals surface area contributed by atoms with E-state index in [0.29, 0.717) is 43.1 Å². The SMILES string of the molecule is Cc1cc(Cl)ccc1OCCCC(=O)N1CCN(S(=O)(=O)c2ccc(C#N)cc2)CC1. The van der Waals surface area contributed by atoms with Gasteiger partial charge in [-0.25, -0.2) is 8.42 Å². The molecule has 0 radical (unpaired) electrons. The third-order valence-corrected chi connectivity index (χ3v) is 7.29. The quantitative estimate of drug-likeness (QED) is 0.590. The molecule has 1 amide bonds. The number of piperazine rings is 1. The highest BCUT2D eigenvalue weighted by atomic mass is 35.5. The van der Waals surface area contributed by atoms with Crippen molar-refractivity contribution in [2.75, 3.05) is 32.8 Å². The molecule has 1 aliphatic heterocycles. The molecule has 0 saturated carbocycles. The van der Waals surface area contributed by atoms with Crippen LogP contribution >= 0.6 is 11.6 Å². The number of carbonyl (C=O) groups is 1. The second-order valence-electron chi connectivity index (χ2n) is 7.28. The Morgan fingerprint density at radius 3 is 2.42 bits per heavy atom. The lowest BCUT2D eigenvalue weighted by Gasteiger charge is -2.34. The molecule has 0 N–H and O–H groups in total. The highest BCUT2D eigenvalue weighted by molar-refractivity contribution is 7.89. The van der Waals surface area contributed by atoms with Crippen LogP contribution in [0.25, 0.3) is 0 Å². The molecule has 1 heterocycles. The van der Waals surface area contributed by atoms with E-state index in [1.807, 2.05) is 25.1 Å². The zero-order valence-corrected chi connectivity index (χ0v) is 18.8.